The number of sulfonamides is 1. The van der Waals surface area contributed by atoms with Crippen LogP contribution < -0.4 is 9.62 Å². The number of nitrogens with one attached hydrogen (secondary N) is 1. The number of hydrogen-bond donors (Lipinski definition) is 1. The van der Waals surface area contributed by atoms with E-state index in [9.17, 15) is 17.6 Å². The molecule has 0 aliphatic carbocycles. The number of benzene rings is 3. The van der Waals surface area contributed by atoms with E-state index >= 15 is 0 Å². The maximum atomic E-state index is 13.9. The van der Waals surface area contributed by atoms with Gasteiger partial charge in [0.25, 0.3) is 10.0 Å². The lowest BCUT2D eigenvalue weighted by atomic mass is 10.2. The maximum Gasteiger partial charge on any atom is 0.264 e. The number of halogens is 4. The van der Waals surface area contributed by atoms with Crippen molar-refractivity contribution in [2.45, 2.75) is 10.6 Å². The first-order valence-corrected chi connectivity index (χ1v) is 13.7. The first-order chi connectivity index (χ1) is 16.2. The van der Waals surface area contributed by atoms with Gasteiger partial charge in [-0.25, -0.2) is 12.8 Å². The minimum absolute atomic E-state index is 0.0103. The Bertz CT molecular complexity index is 1240. The summed E-state index contributed by atoms with van der Waals surface area (Å²) in [6, 6.07) is 16.8. The van der Waals surface area contributed by atoms with Gasteiger partial charge < -0.3 is 5.32 Å². The van der Waals surface area contributed by atoms with Gasteiger partial charge in [-0.15, -0.1) is 0 Å². The predicted octanol–water partition coefficient (Wildman–Crippen LogP) is 6.03. The minimum atomic E-state index is -4.10. The summed E-state index contributed by atoms with van der Waals surface area (Å²) in [6.45, 7) is -0.251. The molecule has 1 amide bonds. The van der Waals surface area contributed by atoms with Gasteiger partial charge >= 0.3 is 0 Å². The topological polar surface area (TPSA) is 66.5 Å². The van der Waals surface area contributed by atoms with Gasteiger partial charge in [-0.05, 0) is 36.4 Å². The van der Waals surface area contributed by atoms with Crippen molar-refractivity contribution in [2.75, 3.05) is 23.1 Å². The third-order valence-corrected chi connectivity index (χ3v) is 8.62. The van der Waals surface area contributed by atoms with Crippen molar-refractivity contribution in [3.05, 3.63) is 93.2 Å². The largest absolute Gasteiger partial charge is 0.354 e. The summed E-state index contributed by atoms with van der Waals surface area (Å²) in [5.74, 6) is -0.0994. The number of thioether (sulfide) groups is 1. The number of anilines is 1. The molecule has 0 saturated heterocycles. The van der Waals surface area contributed by atoms with Crippen LogP contribution in [-0.4, -0.2) is 33.2 Å². The van der Waals surface area contributed by atoms with Gasteiger partial charge in [-0.3, -0.25) is 9.10 Å². The highest BCUT2D eigenvalue weighted by molar-refractivity contribution is 7.98. The van der Waals surface area contributed by atoms with E-state index in [1.807, 2.05) is 0 Å². The van der Waals surface area contributed by atoms with E-state index < -0.39 is 22.5 Å². The molecule has 0 atom stereocenters. The monoisotopic (exact) mass is 560 g/mol. The van der Waals surface area contributed by atoms with Gasteiger partial charge in [-0.2, -0.15) is 11.8 Å². The second kappa shape index (κ2) is 12.1. The summed E-state index contributed by atoms with van der Waals surface area (Å²) in [5, 5.41) is 3.22. The first-order valence-electron chi connectivity index (χ1n) is 10.0. The Morgan fingerprint density at radius 2 is 1.62 bits per heavy atom. The molecule has 1 N–H and O–H groups in total. The zero-order chi connectivity index (χ0) is 24.7. The lowest BCUT2D eigenvalue weighted by molar-refractivity contribution is -0.119. The summed E-state index contributed by atoms with van der Waals surface area (Å²) in [7, 11) is -4.10. The molecule has 34 heavy (non-hydrogen) atoms. The first kappa shape index (κ1) is 26.6. The van der Waals surface area contributed by atoms with Crippen LogP contribution in [0.15, 0.2) is 71.6 Å². The molecule has 0 aliphatic heterocycles. The summed E-state index contributed by atoms with van der Waals surface area (Å²) in [6.07, 6.45) is 0. The average Bonchev–Trinajstić information content (AvgIpc) is 2.81. The van der Waals surface area contributed by atoms with Crippen molar-refractivity contribution in [1.82, 2.24) is 5.32 Å². The van der Waals surface area contributed by atoms with Crippen molar-refractivity contribution in [1.29, 1.82) is 0 Å². The Kier molecular flexibility index (Phi) is 9.50. The fraction of sp³-hybridized carbons (Fsp3) is 0.174. The maximum absolute atomic E-state index is 13.9. The molecular weight excluding hydrogens is 542 g/mol. The molecule has 0 bridgehead atoms. The molecule has 11 heteroatoms. The lowest BCUT2D eigenvalue weighted by Gasteiger charge is -2.25. The molecular formula is C23H20Cl3FN2O3S2. The van der Waals surface area contributed by atoms with Gasteiger partial charge in [0.15, 0.2) is 0 Å². The van der Waals surface area contributed by atoms with E-state index in [1.54, 1.807) is 30.3 Å². The standard InChI is InChI=1S/C23H20Cl3FN2O3S2/c24-18-8-4-10-20(27)17(18)15-33-13-12-28-22(30)14-29(21-11-5-9-19(25)23(21)26)34(31,32)16-6-2-1-3-7-16/h1-11H,12-15H2,(H,28,30). The fourth-order valence-electron chi connectivity index (χ4n) is 3.00. The zero-order valence-corrected chi connectivity index (χ0v) is 21.6. The van der Waals surface area contributed by atoms with Crippen LogP contribution in [-0.2, 0) is 20.6 Å². The summed E-state index contributed by atoms with van der Waals surface area (Å²) in [4.78, 5) is 12.7. The minimum Gasteiger partial charge on any atom is -0.354 e. The van der Waals surface area contributed by atoms with Crippen LogP contribution in [0.1, 0.15) is 5.56 Å². The van der Waals surface area contributed by atoms with Crippen LogP contribution in [0.4, 0.5) is 10.1 Å². The quantitative estimate of drug-likeness (QED) is 0.307. The third kappa shape index (κ3) is 6.58. The van der Waals surface area contributed by atoms with Gasteiger partial charge in [-0.1, -0.05) is 65.1 Å². The van der Waals surface area contributed by atoms with Crippen molar-refractivity contribution in [3.63, 3.8) is 0 Å². The van der Waals surface area contributed by atoms with Gasteiger partial charge in [0.05, 0.1) is 20.6 Å². The molecule has 0 unspecified atom stereocenters. The Labute approximate surface area is 217 Å². The Morgan fingerprint density at radius 3 is 2.32 bits per heavy atom. The van der Waals surface area contributed by atoms with Crippen LogP contribution in [0, 0.1) is 5.82 Å². The lowest BCUT2D eigenvalue weighted by Crippen LogP contribution is -2.41. The van der Waals surface area contributed by atoms with Crippen molar-refractivity contribution in [3.8, 4) is 0 Å². The predicted molar refractivity (Wildman–Crippen MR) is 138 cm³/mol. The molecule has 3 aromatic rings. The van der Waals surface area contributed by atoms with Crippen LogP contribution >= 0.6 is 46.6 Å². The van der Waals surface area contributed by atoms with Crippen molar-refractivity contribution in [2.24, 2.45) is 0 Å². The number of amides is 1. The zero-order valence-electron chi connectivity index (χ0n) is 17.7. The molecule has 0 heterocycles. The smallest absolute Gasteiger partial charge is 0.264 e. The van der Waals surface area contributed by atoms with Gasteiger partial charge in [0.2, 0.25) is 5.91 Å². The van der Waals surface area contributed by atoms with Crippen LogP contribution in [0.2, 0.25) is 15.1 Å². The van der Waals surface area contributed by atoms with Crippen molar-refractivity contribution < 1.29 is 17.6 Å². The van der Waals surface area contributed by atoms with E-state index in [0.29, 0.717) is 22.1 Å². The number of hydrogen-bond acceptors (Lipinski definition) is 4. The molecule has 0 spiro atoms. The molecule has 0 aliphatic rings. The highest BCUT2D eigenvalue weighted by Crippen LogP contribution is 2.35. The highest BCUT2D eigenvalue weighted by Gasteiger charge is 2.29. The van der Waals surface area contributed by atoms with E-state index in [-0.39, 0.29) is 33.0 Å². The molecule has 180 valence electrons. The summed E-state index contributed by atoms with van der Waals surface area (Å²) < 4.78 is 41.4. The second-order valence-electron chi connectivity index (χ2n) is 7.00. The Balaban J connectivity index is 1.68. The van der Waals surface area contributed by atoms with Gasteiger partial charge in [0.1, 0.15) is 12.4 Å². The van der Waals surface area contributed by atoms with E-state index in [1.165, 1.54) is 48.2 Å². The molecule has 5 nitrogen and oxygen atoms in total. The normalized spacial score (nSPS) is 11.3. The van der Waals surface area contributed by atoms with E-state index in [4.69, 9.17) is 34.8 Å². The number of carbonyl (C=O) groups is 1. The summed E-state index contributed by atoms with van der Waals surface area (Å²) >= 11 is 19.8. The number of carbonyl (C=O) groups excluding carboxylic acids is 1. The molecule has 0 fully saturated rings. The second-order valence-corrected chi connectivity index (χ2v) is 11.2. The van der Waals surface area contributed by atoms with Crippen LogP contribution in [0.25, 0.3) is 0 Å². The molecule has 0 saturated carbocycles. The highest BCUT2D eigenvalue weighted by atomic mass is 35.5. The summed E-state index contributed by atoms with van der Waals surface area (Å²) in [5.41, 5.74) is 0.493. The fourth-order valence-corrected chi connectivity index (χ4v) is 6.10. The average molecular weight is 562 g/mol. The molecule has 3 rings (SSSR count). The van der Waals surface area contributed by atoms with Crippen molar-refractivity contribution >= 4 is 68.2 Å². The Hall–Kier alpha value is -1.97. The van der Waals surface area contributed by atoms with E-state index in [0.717, 1.165) is 4.31 Å². The molecule has 0 aromatic heterocycles. The number of nitrogens with zero attached hydrogens (tertiary/aromatic N) is 1. The molecule has 0 radical (unpaired) electrons. The SMILES string of the molecule is O=C(CN(c1cccc(Cl)c1Cl)S(=O)(=O)c1ccccc1)NCCSCc1c(F)cccc1Cl. The van der Waals surface area contributed by atoms with E-state index in [2.05, 4.69) is 5.32 Å². The van der Waals surface area contributed by atoms with Crippen LogP contribution in [0.3, 0.4) is 0 Å². The Morgan fingerprint density at radius 1 is 0.941 bits per heavy atom. The van der Waals surface area contributed by atoms with Crippen LogP contribution in [0.5, 0.6) is 0 Å². The number of rotatable bonds is 10. The molecule has 3 aromatic carbocycles. The third-order valence-electron chi connectivity index (χ3n) is 4.69. The van der Waals surface area contributed by atoms with Gasteiger partial charge in [0, 0.05) is 28.6 Å².